The van der Waals surface area contributed by atoms with Crippen LogP contribution in [0, 0.1) is 33.1 Å². The Balaban J connectivity index is 0.842. The molecular formula is C50H64N8O4S2. The van der Waals surface area contributed by atoms with Gasteiger partial charge in [0.1, 0.15) is 29.0 Å². The van der Waals surface area contributed by atoms with Crippen LogP contribution in [-0.4, -0.2) is 77.9 Å². The van der Waals surface area contributed by atoms with Gasteiger partial charge in [0.05, 0.1) is 33.9 Å². The number of fused-ring (bicyclic) bond motifs is 3. The lowest BCUT2D eigenvalue weighted by Crippen LogP contribution is -2.57. The van der Waals surface area contributed by atoms with Crippen LogP contribution in [-0.2, 0) is 20.8 Å². The molecule has 2 aliphatic rings. The third kappa shape index (κ3) is 10.4. The Bertz CT molecular complexity index is 2480. The first-order valence-electron chi connectivity index (χ1n) is 22.8. The molecule has 7 rings (SSSR count). The SMILES string of the molecule is Cc1ncsc1-c1ccc(C(C)NC(=O)[C@@H]2C[C@@H](O)CN2C(=O)C(NC(=O)CCCCCCCCc2ccc(C3=N[C@@H](C)c4nnc(C)n4-c4sc(C)c(C)c43)cc2)C(C)(C)C)cc1. The van der Waals surface area contributed by atoms with E-state index in [9.17, 15) is 19.5 Å². The van der Waals surface area contributed by atoms with Crippen molar-refractivity contribution >= 4 is 46.1 Å². The highest BCUT2D eigenvalue weighted by molar-refractivity contribution is 7.15. The van der Waals surface area contributed by atoms with Crippen molar-refractivity contribution in [1.82, 2.24) is 35.3 Å². The molecule has 3 amide bonds. The molecule has 0 aliphatic carbocycles. The normalized spacial score (nSPS) is 18.2. The van der Waals surface area contributed by atoms with E-state index in [0.717, 1.165) is 94.6 Å². The largest absolute Gasteiger partial charge is 0.391 e. The molecule has 14 heteroatoms. The number of aliphatic hydroxyl groups is 1. The number of unbranched alkanes of at least 4 members (excludes halogenated alkanes) is 5. The quantitative estimate of drug-likeness (QED) is 0.0835. The number of carbonyl (C=O) groups excluding carboxylic acids is 3. The average Bonchev–Trinajstić information content (AvgIpc) is 4.03. The molecule has 12 nitrogen and oxygen atoms in total. The fourth-order valence-corrected chi connectivity index (χ4v) is 10.9. The predicted octanol–water partition coefficient (Wildman–Crippen LogP) is 9.24. The van der Waals surface area contributed by atoms with Gasteiger partial charge in [-0.15, -0.1) is 32.9 Å². The molecule has 2 aromatic carbocycles. The van der Waals surface area contributed by atoms with Gasteiger partial charge in [0.25, 0.3) is 0 Å². The van der Waals surface area contributed by atoms with Gasteiger partial charge in [0.15, 0.2) is 5.82 Å². The molecule has 0 bridgehead atoms. The number of thiazole rings is 1. The van der Waals surface area contributed by atoms with Crippen molar-refractivity contribution in [2.45, 2.75) is 150 Å². The standard InChI is InChI=1S/C50H64N8O4S2/c1-29-33(5)64-49-42(29)43(52-32(4)46-56-55-34(6)58(46)49)37-20-18-35(19-21-37)16-14-12-10-11-13-15-17-41(60)54-45(50(7,8)9)48(62)57-27-39(59)26-40(57)47(61)53-30(2)36-22-24-38(25-23-36)44-31(3)51-28-63-44/h18-25,28,30,32,39-40,45,59H,10-17,26-27H2,1-9H3,(H,53,61)(H,54,60)/t30?,32-,39+,40-,45?/m0/s1. The van der Waals surface area contributed by atoms with Gasteiger partial charge in [-0.2, -0.15) is 0 Å². The van der Waals surface area contributed by atoms with Crippen LogP contribution < -0.4 is 10.6 Å². The molecule has 340 valence electrons. The summed E-state index contributed by atoms with van der Waals surface area (Å²) in [6.07, 6.45) is 6.66. The van der Waals surface area contributed by atoms with E-state index in [1.807, 2.05) is 71.3 Å². The van der Waals surface area contributed by atoms with Gasteiger partial charge in [-0.25, -0.2) is 4.98 Å². The van der Waals surface area contributed by atoms with Crippen LogP contribution in [0.4, 0.5) is 0 Å². The summed E-state index contributed by atoms with van der Waals surface area (Å²) < 4.78 is 2.17. The molecule has 64 heavy (non-hydrogen) atoms. The van der Waals surface area contributed by atoms with Gasteiger partial charge < -0.3 is 20.6 Å². The number of hydrogen-bond acceptors (Lipinski definition) is 10. The minimum atomic E-state index is -0.841. The topological polar surface area (TPSA) is 155 Å². The molecular weight excluding hydrogens is 841 g/mol. The lowest BCUT2D eigenvalue weighted by Gasteiger charge is -2.35. The second-order valence-corrected chi connectivity index (χ2v) is 20.8. The highest BCUT2D eigenvalue weighted by Gasteiger charge is 2.44. The minimum absolute atomic E-state index is 0.0404. The monoisotopic (exact) mass is 904 g/mol. The summed E-state index contributed by atoms with van der Waals surface area (Å²) in [4.78, 5) is 54.4. The van der Waals surface area contributed by atoms with E-state index in [0.29, 0.717) is 6.42 Å². The van der Waals surface area contributed by atoms with Gasteiger partial charge in [0.2, 0.25) is 17.7 Å². The van der Waals surface area contributed by atoms with Crippen molar-refractivity contribution in [3.05, 3.63) is 104 Å². The number of likely N-dealkylation sites (tertiary alicyclic amines) is 1. The highest BCUT2D eigenvalue weighted by Crippen LogP contribution is 2.39. The van der Waals surface area contributed by atoms with Crippen molar-refractivity contribution in [3.63, 3.8) is 0 Å². The second-order valence-electron chi connectivity index (χ2n) is 18.8. The van der Waals surface area contributed by atoms with E-state index in [2.05, 4.69) is 75.4 Å². The van der Waals surface area contributed by atoms with Crippen LogP contribution >= 0.6 is 22.7 Å². The number of carbonyl (C=O) groups is 3. The number of aryl methyl sites for hydroxylation is 4. The average molecular weight is 905 g/mol. The number of nitrogens with one attached hydrogen (secondary N) is 2. The number of hydrogen-bond donors (Lipinski definition) is 3. The van der Waals surface area contributed by atoms with E-state index >= 15 is 0 Å². The molecule has 0 saturated carbocycles. The maximum atomic E-state index is 14.1. The highest BCUT2D eigenvalue weighted by atomic mass is 32.1. The van der Waals surface area contributed by atoms with Crippen LogP contribution in [0.2, 0.25) is 0 Å². The molecule has 5 atom stereocenters. The Morgan fingerprint density at radius 3 is 2.23 bits per heavy atom. The molecule has 1 fully saturated rings. The van der Waals surface area contributed by atoms with Crippen molar-refractivity contribution in [1.29, 1.82) is 0 Å². The zero-order chi connectivity index (χ0) is 45.9. The number of aliphatic imine (C=N–C) groups is 1. The van der Waals surface area contributed by atoms with Gasteiger partial charge in [0, 0.05) is 35.4 Å². The first-order valence-corrected chi connectivity index (χ1v) is 24.5. The number of nitrogens with zero attached hydrogens (tertiary/aromatic N) is 6. The third-order valence-electron chi connectivity index (χ3n) is 12.8. The number of aromatic nitrogens is 4. The maximum absolute atomic E-state index is 14.1. The Morgan fingerprint density at radius 1 is 0.891 bits per heavy atom. The number of amides is 3. The predicted molar refractivity (Wildman–Crippen MR) is 256 cm³/mol. The molecule has 3 aromatic heterocycles. The van der Waals surface area contributed by atoms with E-state index in [1.54, 1.807) is 22.7 Å². The zero-order valence-corrected chi connectivity index (χ0v) is 40.5. The lowest BCUT2D eigenvalue weighted by atomic mass is 9.85. The van der Waals surface area contributed by atoms with E-state index < -0.39 is 23.6 Å². The van der Waals surface area contributed by atoms with Crippen molar-refractivity contribution < 1.29 is 19.5 Å². The van der Waals surface area contributed by atoms with Gasteiger partial charge in [-0.05, 0) is 88.5 Å². The van der Waals surface area contributed by atoms with E-state index in [-0.39, 0.29) is 42.8 Å². The molecule has 0 spiro atoms. The summed E-state index contributed by atoms with van der Waals surface area (Å²) in [5, 5.41) is 26.7. The first kappa shape index (κ1) is 46.9. The molecule has 3 N–H and O–H groups in total. The van der Waals surface area contributed by atoms with Gasteiger partial charge in [-0.3, -0.25) is 23.9 Å². The second kappa shape index (κ2) is 20.0. The Morgan fingerprint density at radius 2 is 1.56 bits per heavy atom. The summed E-state index contributed by atoms with van der Waals surface area (Å²) in [6, 6.07) is 14.8. The Hall–Kier alpha value is -5.05. The number of β-amino-alcohol motifs (C(OH)–C–C–N with tert-alkyl or cyclic N) is 1. The lowest BCUT2D eigenvalue weighted by molar-refractivity contribution is -0.144. The van der Waals surface area contributed by atoms with Crippen molar-refractivity contribution in [2.24, 2.45) is 10.4 Å². The fraction of sp³-hybridized carbons (Fsp3) is 0.500. The van der Waals surface area contributed by atoms with Crippen LogP contribution in [0.1, 0.15) is 148 Å². The summed E-state index contributed by atoms with van der Waals surface area (Å²) in [7, 11) is 0. The van der Waals surface area contributed by atoms with Gasteiger partial charge >= 0.3 is 0 Å². The summed E-state index contributed by atoms with van der Waals surface area (Å²) in [5.74, 6) is 0.911. The van der Waals surface area contributed by atoms with Crippen LogP contribution in [0.25, 0.3) is 15.4 Å². The summed E-state index contributed by atoms with van der Waals surface area (Å²) in [6.45, 7) is 18.1. The third-order valence-corrected chi connectivity index (χ3v) is 14.9. The fourth-order valence-electron chi connectivity index (χ4n) is 8.88. The maximum Gasteiger partial charge on any atom is 0.246 e. The van der Waals surface area contributed by atoms with Crippen LogP contribution in [0.5, 0.6) is 0 Å². The number of thiophene rings is 1. The van der Waals surface area contributed by atoms with Crippen molar-refractivity contribution in [2.75, 3.05) is 6.54 Å². The van der Waals surface area contributed by atoms with Crippen LogP contribution in [0.3, 0.4) is 0 Å². The number of rotatable bonds is 16. The minimum Gasteiger partial charge on any atom is -0.391 e. The Labute approximate surface area is 386 Å². The molecule has 2 aliphatic heterocycles. The molecule has 1 saturated heterocycles. The van der Waals surface area contributed by atoms with E-state index in [1.165, 1.54) is 26.5 Å². The molecule has 2 unspecified atom stereocenters. The smallest absolute Gasteiger partial charge is 0.246 e. The number of benzene rings is 2. The van der Waals surface area contributed by atoms with Crippen molar-refractivity contribution in [3.8, 4) is 15.4 Å². The Kier molecular flexibility index (Phi) is 14.7. The molecule has 5 heterocycles. The van der Waals surface area contributed by atoms with E-state index in [4.69, 9.17) is 4.99 Å². The summed E-state index contributed by atoms with van der Waals surface area (Å²) >= 11 is 3.37. The first-order chi connectivity index (χ1) is 30.5. The van der Waals surface area contributed by atoms with Gasteiger partial charge in [-0.1, -0.05) is 95.0 Å². The zero-order valence-electron chi connectivity index (χ0n) is 38.8. The molecule has 0 radical (unpaired) electrons. The summed E-state index contributed by atoms with van der Waals surface area (Å²) in [5.41, 5.74) is 10.1. The van der Waals surface area contributed by atoms with Crippen LogP contribution in [0.15, 0.2) is 59.0 Å². The number of aliphatic hydroxyl groups excluding tert-OH is 1. The molecule has 5 aromatic rings.